The maximum Gasteiger partial charge on any atom is 0.164 e. The summed E-state index contributed by atoms with van der Waals surface area (Å²) >= 11 is 12.0. The van der Waals surface area contributed by atoms with Crippen LogP contribution >= 0.6 is 23.2 Å². The maximum absolute atomic E-state index is 6.08. The molecule has 0 spiro atoms. The van der Waals surface area contributed by atoms with E-state index < -0.39 is 0 Å². The van der Waals surface area contributed by atoms with E-state index in [0.717, 1.165) is 11.4 Å². The third-order valence-electron chi connectivity index (χ3n) is 2.26. The number of halogens is 2. The molecule has 0 atom stereocenters. The Kier molecular flexibility index (Phi) is 3.99. The Hall–Kier alpha value is -1.10. The first-order valence-corrected chi connectivity index (χ1v) is 5.91. The van der Waals surface area contributed by atoms with Gasteiger partial charge in [0.25, 0.3) is 0 Å². The molecule has 0 radical (unpaired) electrons. The Morgan fingerprint density at radius 2 is 2.18 bits per heavy atom. The van der Waals surface area contributed by atoms with Gasteiger partial charge in [-0.15, -0.1) is 0 Å². The van der Waals surface area contributed by atoms with Crippen LogP contribution in [0.25, 0.3) is 0 Å². The molecule has 1 aromatic carbocycles. The summed E-state index contributed by atoms with van der Waals surface area (Å²) in [4.78, 5) is 4.17. The van der Waals surface area contributed by atoms with Gasteiger partial charge in [0.1, 0.15) is 6.33 Å². The third-order valence-corrected chi connectivity index (χ3v) is 2.86. The minimum Gasteiger partial charge on any atom is -0.313 e. The number of nitrogens with one attached hydrogen (secondary N) is 1. The Labute approximate surface area is 110 Å². The number of aromatic nitrogens is 3. The van der Waals surface area contributed by atoms with Crippen molar-refractivity contribution < 1.29 is 0 Å². The van der Waals surface area contributed by atoms with Crippen LogP contribution in [0.15, 0.2) is 24.5 Å². The lowest BCUT2D eigenvalue weighted by atomic mass is 10.2. The SMILES string of the molecule is CNCc1ncn(Cc2cc(Cl)ccc2Cl)n1. The van der Waals surface area contributed by atoms with Crippen molar-refractivity contribution >= 4 is 23.2 Å². The zero-order chi connectivity index (χ0) is 12.3. The lowest BCUT2D eigenvalue weighted by Crippen LogP contribution is -2.08. The summed E-state index contributed by atoms with van der Waals surface area (Å²) in [7, 11) is 1.86. The van der Waals surface area contributed by atoms with Crippen LogP contribution in [0.2, 0.25) is 10.0 Å². The molecular weight excluding hydrogens is 259 g/mol. The minimum atomic E-state index is 0.566. The van der Waals surface area contributed by atoms with E-state index in [-0.39, 0.29) is 0 Å². The monoisotopic (exact) mass is 270 g/mol. The molecule has 90 valence electrons. The van der Waals surface area contributed by atoms with Crippen molar-refractivity contribution in [2.24, 2.45) is 0 Å². The van der Waals surface area contributed by atoms with Gasteiger partial charge in [-0.2, -0.15) is 5.10 Å². The van der Waals surface area contributed by atoms with Crippen LogP contribution in [-0.4, -0.2) is 21.8 Å². The molecule has 0 amide bonds. The Morgan fingerprint density at radius 3 is 2.94 bits per heavy atom. The molecular formula is C11H12Cl2N4. The molecule has 17 heavy (non-hydrogen) atoms. The largest absolute Gasteiger partial charge is 0.313 e. The van der Waals surface area contributed by atoms with Gasteiger partial charge in [-0.25, -0.2) is 9.67 Å². The first-order valence-electron chi connectivity index (χ1n) is 5.16. The highest BCUT2D eigenvalue weighted by Crippen LogP contribution is 2.21. The van der Waals surface area contributed by atoms with Gasteiger partial charge in [-0.05, 0) is 30.8 Å². The number of rotatable bonds is 4. The van der Waals surface area contributed by atoms with Crippen LogP contribution in [0.5, 0.6) is 0 Å². The quantitative estimate of drug-likeness (QED) is 0.928. The molecule has 0 aliphatic carbocycles. The molecule has 0 unspecified atom stereocenters. The van der Waals surface area contributed by atoms with Crippen LogP contribution in [0.1, 0.15) is 11.4 Å². The van der Waals surface area contributed by atoms with E-state index in [4.69, 9.17) is 23.2 Å². The Morgan fingerprint density at radius 1 is 1.35 bits per heavy atom. The average Bonchev–Trinajstić information content (AvgIpc) is 2.72. The highest BCUT2D eigenvalue weighted by molar-refractivity contribution is 6.33. The fourth-order valence-electron chi connectivity index (χ4n) is 1.49. The molecule has 0 bridgehead atoms. The van der Waals surface area contributed by atoms with Crippen molar-refractivity contribution in [2.45, 2.75) is 13.1 Å². The van der Waals surface area contributed by atoms with Crippen molar-refractivity contribution in [1.29, 1.82) is 0 Å². The van der Waals surface area contributed by atoms with Crippen molar-refractivity contribution in [3.8, 4) is 0 Å². The standard InChI is InChI=1S/C11H12Cl2N4/c1-14-5-11-15-7-17(16-11)6-8-4-9(12)2-3-10(8)13/h2-4,7,14H,5-6H2,1H3. The first kappa shape index (κ1) is 12.4. The first-order chi connectivity index (χ1) is 8.19. The van der Waals surface area contributed by atoms with E-state index in [1.807, 2.05) is 13.1 Å². The van der Waals surface area contributed by atoms with E-state index >= 15 is 0 Å². The predicted molar refractivity (Wildman–Crippen MR) is 68.3 cm³/mol. The lowest BCUT2D eigenvalue weighted by Gasteiger charge is -2.04. The molecule has 4 nitrogen and oxygen atoms in total. The smallest absolute Gasteiger partial charge is 0.164 e. The van der Waals surface area contributed by atoms with Gasteiger partial charge in [0.15, 0.2) is 5.82 Å². The van der Waals surface area contributed by atoms with Gasteiger partial charge in [0, 0.05) is 10.0 Å². The second kappa shape index (κ2) is 5.49. The summed E-state index contributed by atoms with van der Waals surface area (Å²) in [5.41, 5.74) is 0.931. The molecule has 0 saturated carbocycles. The zero-order valence-electron chi connectivity index (χ0n) is 9.32. The van der Waals surface area contributed by atoms with Crippen LogP contribution < -0.4 is 5.32 Å². The second-order valence-corrected chi connectivity index (χ2v) is 4.47. The van der Waals surface area contributed by atoms with Crippen LogP contribution in [0, 0.1) is 0 Å². The van der Waals surface area contributed by atoms with Gasteiger partial charge in [-0.3, -0.25) is 0 Å². The van der Waals surface area contributed by atoms with Gasteiger partial charge < -0.3 is 5.32 Å². The molecule has 0 aliphatic heterocycles. The highest BCUT2D eigenvalue weighted by Gasteiger charge is 2.04. The molecule has 0 saturated heterocycles. The van der Waals surface area contributed by atoms with Crippen molar-refractivity contribution in [1.82, 2.24) is 20.1 Å². The molecule has 1 aromatic heterocycles. The minimum absolute atomic E-state index is 0.566. The van der Waals surface area contributed by atoms with Crippen molar-refractivity contribution in [3.05, 3.63) is 46.0 Å². The summed E-state index contributed by atoms with van der Waals surface area (Å²) in [6.45, 7) is 1.21. The predicted octanol–water partition coefficient (Wildman–Crippen LogP) is 2.35. The number of hydrogen-bond acceptors (Lipinski definition) is 3. The van der Waals surface area contributed by atoms with E-state index in [1.165, 1.54) is 0 Å². The molecule has 0 aliphatic rings. The van der Waals surface area contributed by atoms with E-state index in [0.29, 0.717) is 23.1 Å². The molecule has 1 N–H and O–H groups in total. The topological polar surface area (TPSA) is 42.7 Å². The number of hydrogen-bond donors (Lipinski definition) is 1. The van der Waals surface area contributed by atoms with E-state index in [2.05, 4.69) is 15.4 Å². The summed E-state index contributed by atoms with van der Waals surface area (Å²) in [6.07, 6.45) is 1.68. The van der Waals surface area contributed by atoms with Crippen LogP contribution in [0.3, 0.4) is 0 Å². The van der Waals surface area contributed by atoms with Crippen LogP contribution in [-0.2, 0) is 13.1 Å². The average molecular weight is 271 g/mol. The van der Waals surface area contributed by atoms with Crippen molar-refractivity contribution in [2.75, 3.05) is 7.05 Å². The Balaban J connectivity index is 2.16. The lowest BCUT2D eigenvalue weighted by molar-refractivity contribution is 0.659. The summed E-state index contributed by atoms with van der Waals surface area (Å²) in [5.74, 6) is 0.755. The summed E-state index contributed by atoms with van der Waals surface area (Å²) < 4.78 is 1.74. The van der Waals surface area contributed by atoms with E-state index in [9.17, 15) is 0 Å². The second-order valence-electron chi connectivity index (χ2n) is 3.62. The van der Waals surface area contributed by atoms with E-state index in [1.54, 1.807) is 23.1 Å². The van der Waals surface area contributed by atoms with Gasteiger partial charge >= 0.3 is 0 Å². The van der Waals surface area contributed by atoms with Gasteiger partial charge in [0.2, 0.25) is 0 Å². The number of benzene rings is 1. The molecule has 2 aromatic rings. The summed E-state index contributed by atoms with van der Waals surface area (Å²) in [6, 6.07) is 5.38. The number of nitrogens with zero attached hydrogens (tertiary/aromatic N) is 3. The maximum atomic E-state index is 6.08. The fraction of sp³-hybridized carbons (Fsp3) is 0.273. The van der Waals surface area contributed by atoms with Crippen LogP contribution in [0.4, 0.5) is 0 Å². The highest BCUT2D eigenvalue weighted by atomic mass is 35.5. The normalized spacial score (nSPS) is 10.8. The molecule has 1 heterocycles. The molecule has 2 rings (SSSR count). The third kappa shape index (κ3) is 3.19. The Bertz CT molecular complexity index is 510. The zero-order valence-corrected chi connectivity index (χ0v) is 10.8. The molecule has 6 heteroatoms. The fourth-order valence-corrected chi connectivity index (χ4v) is 1.86. The molecule has 0 fully saturated rings. The van der Waals surface area contributed by atoms with Gasteiger partial charge in [0.05, 0.1) is 13.1 Å². The van der Waals surface area contributed by atoms with Gasteiger partial charge in [-0.1, -0.05) is 23.2 Å². The van der Waals surface area contributed by atoms with Crippen molar-refractivity contribution in [3.63, 3.8) is 0 Å². The summed E-state index contributed by atoms with van der Waals surface area (Å²) in [5, 5.41) is 8.65.